The smallest absolute Gasteiger partial charge is 0.387 e. The zero-order valence-corrected chi connectivity index (χ0v) is 16.6. The van der Waals surface area contributed by atoms with E-state index in [4.69, 9.17) is 0 Å². The number of nitrogens with zero attached hydrogens (tertiary/aromatic N) is 4. The highest BCUT2D eigenvalue weighted by molar-refractivity contribution is 5.82. The second-order valence-corrected chi connectivity index (χ2v) is 6.76. The molecule has 0 spiro atoms. The highest BCUT2D eigenvalue weighted by Gasteiger charge is 2.14. The molecule has 0 bridgehead atoms. The molecule has 30 heavy (non-hydrogen) atoms. The van der Waals surface area contributed by atoms with Crippen LogP contribution in [-0.2, 0) is 6.54 Å². The predicted octanol–water partition coefficient (Wildman–Crippen LogP) is 4.88. The molecule has 4 aromatic rings. The van der Waals surface area contributed by atoms with Crippen LogP contribution in [0.5, 0.6) is 5.75 Å². The third-order valence-electron chi connectivity index (χ3n) is 4.78. The zero-order chi connectivity index (χ0) is 21.1. The molecule has 0 aliphatic carbocycles. The molecule has 1 N–H and O–H groups in total. The van der Waals surface area contributed by atoms with Crippen molar-refractivity contribution in [3.63, 3.8) is 0 Å². The van der Waals surface area contributed by atoms with Gasteiger partial charge in [0.1, 0.15) is 11.6 Å². The van der Waals surface area contributed by atoms with Gasteiger partial charge in [-0.1, -0.05) is 24.3 Å². The molecule has 0 aliphatic heterocycles. The maximum absolute atomic E-state index is 12.8. The standard InChI is InChI=1S/C22H21F2N5O/c1-3-25-22-26-11-17(12-27-22)15-8-9-18-19(10-15)29(14(2)28-18)13-16-6-4-5-7-20(16)30-21(23)24/h4-12,21H,3,13H2,1-2H3,(H,25,26,27). The van der Waals surface area contributed by atoms with Crippen LogP contribution in [0.4, 0.5) is 14.7 Å². The number of ether oxygens (including phenoxy) is 1. The fraction of sp³-hybridized carbons (Fsp3) is 0.227. The predicted molar refractivity (Wildman–Crippen MR) is 112 cm³/mol. The van der Waals surface area contributed by atoms with E-state index < -0.39 is 6.61 Å². The van der Waals surface area contributed by atoms with E-state index in [1.807, 2.05) is 36.6 Å². The molecule has 0 atom stereocenters. The average molecular weight is 409 g/mol. The minimum Gasteiger partial charge on any atom is -0.434 e. The van der Waals surface area contributed by atoms with Crippen molar-refractivity contribution in [2.45, 2.75) is 27.0 Å². The van der Waals surface area contributed by atoms with Crippen LogP contribution in [0, 0.1) is 6.92 Å². The molecule has 154 valence electrons. The van der Waals surface area contributed by atoms with E-state index in [1.54, 1.807) is 36.7 Å². The van der Waals surface area contributed by atoms with E-state index >= 15 is 0 Å². The Bertz CT molecular complexity index is 1160. The first-order valence-electron chi connectivity index (χ1n) is 9.61. The molecular weight excluding hydrogens is 388 g/mol. The summed E-state index contributed by atoms with van der Waals surface area (Å²) in [5.74, 6) is 1.53. The molecule has 8 heteroatoms. The van der Waals surface area contributed by atoms with Crippen molar-refractivity contribution in [2.24, 2.45) is 0 Å². The summed E-state index contributed by atoms with van der Waals surface area (Å²) in [6, 6.07) is 12.7. The molecule has 0 saturated heterocycles. The van der Waals surface area contributed by atoms with Crippen LogP contribution >= 0.6 is 0 Å². The second-order valence-electron chi connectivity index (χ2n) is 6.76. The molecule has 2 heterocycles. The van der Waals surface area contributed by atoms with Crippen molar-refractivity contribution in [2.75, 3.05) is 11.9 Å². The Hall–Kier alpha value is -3.55. The Balaban J connectivity index is 1.71. The lowest BCUT2D eigenvalue weighted by Crippen LogP contribution is -2.08. The van der Waals surface area contributed by atoms with Gasteiger partial charge in [0.25, 0.3) is 0 Å². The van der Waals surface area contributed by atoms with E-state index in [1.165, 1.54) is 0 Å². The summed E-state index contributed by atoms with van der Waals surface area (Å²) in [5.41, 5.74) is 4.21. The number of rotatable bonds is 7. The fourth-order valence-electron chi connectivity index (χ4n) is 3.36. The van der Waals surface area contributed by atoms with Crippen molar-refractivity contribution in [3.05, 3.63) is 66.2 Å². The number of halogens is 2. The molecule has 6 nitrogen and oxygen atoms in total. The number of fused-ring (bicyclic) bond motifs is 1. The van der Waals surface area contributed by atoms with Gasteiger partial charge in [0, 0.05) is 30.1 Å². The fourth-order valence-corrected chi connectivity index (χ4v) is 3.36. The lowest BCUT2D eigenvalue weighted by molar-refractivity contribution is -0.0504. The minimum atomic E-state index is -2.87. The Morgan fingerprint density at radius 2 is 1.83 bits per heavy atom. The molecule has 0 aliphatic rings. The van der Waals surface area contributed by atoms with Gasteiger partial charge in [0.15, 0.2) is 0 Å². The van der Waals surface area contributed by atoms with Crippen LogP contribution in [0.25, 0.3) is 22.2 Å². The van der Waals surface area contributed by atoms with Gasteiger partial charge >= 0.3 is 6.61 Å². The number of imidazole rings is 1. The molecule has 0 radical (unpaired) electrons. The van der Waals surface area contributed by atoms with Gasteiger partial charge in [-0.3, -0.25) is 0 Å². The minimum absolute atomic E-state index is 0.164. The molecule has 2 aromatic heterocycles. The molecule has 0 fully saturated rings. The van der Waals surface area contributed by atoms with Crippen molar-refractivity contribution in [1.82, 2.24) is 19.5 Å². The molecule has 0 unspecified atom stereocenters. The molecule has 2 aromatic carbocycles. The number of anilines is 1. The van der Waals surface area contributed by atoms with Crippen LogP contribution in [0.1, 0.15) is 18.3 Å². The summed E-state index contributed by atoms with van der Waals surface area (Å²) in [6.45, 7) is 2.12. The number of aryl methyl sites for hydroxylation is 1. The van der Waals surface area contributed by atoms with Crippen molar-refractivity contribution < 1.29 is 13.5 Å². The quantitative estimate of drug-likeness (QED) is 0.471. The lowest BCUT2D eigenvalue weighted by Gasteiger charge is -2.13. The summed E-state index contributed by atoms with van der Waals surface area (Å²) in [4.78, 5) is 13.3. The number of aromatic nitrogens is 4. The van der Waals surface area contributed by atoms with Crippen molar-refractivity contribution in [3.8, 4) is 16.9 Å². The van der Waals surface area contributed by atoms with Gasteiger partial charge in [-0.25, -0.2) is 15.0 Å². The van der Waals surface area contributed by atoms with Crippen molar-refractivity contribution >= 4 is 17.0 Å². The molecule has 0 amide bonds. The van der Waals surface area contributed by atoms with E-state index in [2.05, 4.69) is 25.0 Å². The number of benzene rings is 2. The first-order valence-corrected chi connectivity index (χ1v) is 9.61. The Morgan fingerprint density at radius 3 is 2.57 bits per heavy atom. The van der Waals surface area contributed by atoms with Gasteiger partial charge in [0.2, 0.25) is 5.95 Å². The third kappa shape index (κ3) is 4.07. The van der Waals surface area contributed by atoms with Crippen LogP contribution in [0.15, 0.2) is 54.9 Å². The maximum Gasteiger partial charge on any atom is 0.387 e. The largest absolute Gasteiger partial charge is 0.434 e. The summed E-state index contributed by atoms with van der Waals surface area (Å²) in [7, 11) is 0. The highest BCUT2D eigenvalue weighted by atomic mass is 19.3. The van der Waals surface area contributed by atoms with Gasteiger partial charge in [-0.05, 0) is 37.6 Å². The van der Waals surface area contributed by atoms with Gasteiger partial charge < -0.3 is 14.6 Å². The van der Waals surface area contributed by atoms with E-state index in [0.29, 0.717) is 18.1 Å². The van der Waals surface area contributed by atoms with Crippen LogP contribution in [-0.4, -0.2) is 32.7 Å². The first kappa shape index (κ1) is 19.8. The number of hydrogen-bond donors (Lipinski definition) is 1. The number of hydrogen-bond acceptors (Lipinski definition) is 5. The Morgan fingerprint density at radius 1 is 1.07 bits per heavy atom. The van der Waals surface area contributed by atoms with E-state index in [-0.39, 0.29) is 5.75 Å². The Labute approximate surface area is 172 Å². The SMILES string of the molecule is CCNc1ncc(-c2ccc3nc(C)n(Cc4ccccc4OC(F)F)c3c2)cn1. The van der Waals surface area contributed by atoms with E-state index in [0.717, 1.165) is 34.5 Å². The van der Waals surface area contributed by atoms with Gasteiger partial charge in [-0.2, -0.15) is 8.78 Å². The summed E-state index contributed by atoms with van der Waals surface area (Å²) in [6.07, 6.45) is 3.54. The topological polar surface area (TPSA) is 64.9 Å². The lowest BCUT2D eigenvalue weighted by atomic mass is 10.1. The van der Waals surface area contributed by atoms with Gasteiger partial charge in [0.05, 0.1) is 17.6 Å². The normalized spacial score (nSPS) is 11.2. The zero-order valence-electron chi connectivity index (χ0n) is 16.6. The first-order chi connectivity index (χ1) is 14.5. The number of alkyl halides is 2. The van der Waals surface area contributed by atoms with Crippen LogP contribution in [0.2, 0.25) is 0 Å². The van der Waals surface area contributed by atoms with Crippen molar-refractivity contribution in [1.29, 1.82) is 0 Å². The third-order valence-corrected chi connectivity index (χ3v) is 4.78. The van der Waals surface area contributed by atoms with Crippen LogP contribution in [0.3, 0.4) is 0 Å². The summed E-state index contributed by atoms with van der Waals surface area (Å²) >= 11 is 0. The van der Waals surface area contributed by atoms with Crippen LogP contribution < -0.4 is 10.1 Å². The Kier molecular flexibility index (Phi) is 5.56. The molecule has 4 rings (SSSR count). The van der Waals surface area contributed by atoms with Gasteiger partial charge in [-0.15, -0.1) is 0 Å². The number of para-hydroxylation sites is 1. The van der Waals surface area contributed by atoms with E-state index in [9.17, 15) is 8.78 Å². The number of nitrogens with one attached hydrogen (secondary N) is 1. The second kappa shape index (κ2) is 8.44. The summed E-state index contributed by atoms with van der Waals surface area (Å²) in [5, 5.41) is 3.07. The molecule has 0 saturated carbocycles. The highest BCUT2D eigenvalue weighted by Crippen LogP contribution is 2.27. The summed E-state index contributed by atoms with van der Waals surface area (Å²) < 4.78 is 32.2. The average Bonchev–Trinajstić information content (AvgIpc) is 3.04. The monoisotopic (exact) mass is 409 g/mol. The maximum atomic E-state index is 12.8. The molecular formula is C22H21F2N5O.